The van der Waals surface area contributed by atoms with E-state index in [1.807, 2.05) is 49.4 Å². The fourth-order valence-electron chi connectivity index (χ4n) is 1.67. The zero-order valence-corrected chi connectivity index (χ0v) is 10.2. The monoisotopic (exact) mass is 241 g/mol. The number of nitrogen functional groups attached to an aromatic ring is 1. The third kappa shape index (κ3) is 2.48. The van der Waals surface area contributed by atoms with Crippen LogP contribution in [0.1, 0.15) is 6.92 Å². The minimum absolute atomic E-state index is 0.139. The van der Waals surface area contributed by atoms with Crippen molar-refractivity contribution in [2.24, 2.45) is 0 Å². The zero-order chi connectivity index (χ0) is 13.0. The van der Waals surface area contributed by atoms with E-state index in [0.29, 0.717) is 12.2 Å². The molecule has 0 radical (unpaired) electrons. The lowest BCUT2D eigenvalue weighted by Crippen LogP contribution is -2.23. The molecule has 1 aromatic heterocycles. The normalized spacial score (nSPS) is 10.9. The summed E-state index contributed by atoms with van der Waals surface area (Å²) in [6, 6.07) is 11.0. The summed E-state index contributed by atoms with van der Waals surface area (Å²) in [4.78, 5) is 16.2. The van der Waals surface area contributed by atoms with Crippen molar-refractivity contribution in [1.82, 2.24) is 9.55 Å². The molecule has 0 bridgehead atoms. The lowest BCUT2D eigenvalue weighted by atomic mass is 10.1. The molecule has 2 rings (SSSR count). The topological polar surface area (TPSA) is 60.9 Å². The van der Waals surface area contributed by atoms with Gasteiger partial charge in [0, 0.05) is 18.2 Å². The minimum atomic E-state index is -0.139. The largest absolute Gasteiger partial charge is 0.369 e. The van der Waals surface area contributed by atoms with Crippen molar-refractivity contribution in [3.05, 3.63) is 58.9 Å². The first kappa shape index (κ1) is 12.1. The summed E-state index contributed by atoms with van der Waals surface area (Å²) >= 11 is 0. The van der Waals surface area contributed by atoms with E-state index in [4.69, 9.17) is 5.73 Å². The van der Waals surface area contributed by atoms with Crippen LogP contribution in [-0.2, 0) is 6.54 Å². The van der Waals surface area contributed by atoms with Crippen LogP contribution >= 0.6 is 0 Å². The van der Waals surface area contributed by atoms with Crippen molar-refractivity contribution in [2.45, 2.75) is 13.5 Å². The van der Waals surface area contributed by atoms with E-state index in [1.54, 1.807) is 0 Å². The summed E-state index contributed by atoms with van der Waals surface area (Å²) in [5.41, 5.74) is 7.17. The molecule has 4 heteroatoms. The molecule has 0 saturated carbocycles. The summed E-state index contributed by atoms with van der Waals surface area (Å²) in [7, 11) is 0. The van der Waals surface area contributed by atoms with Gasteiger partial charge in [0.05, 0.1) is 5.69 Å². The number of aromatic nitrogens is 2. The van der Waals surface area contributed by atoms with E-state index in [2.05, 4.69) is 4.98 Å². The van der Waals surface area contributed by atoms with Gasteiger partial charge in [0.15, 0.2) is 0 Å². The van der Waals surface area contributed by atoms with Gasteiger partial charge in [-0.25, -0.2) is 4.98 Å². The maximum atomic E-state index is 11.9. The molecule has 0 fully saturated rings. The van der Waals surface area contributed by atoms with Gasteiger partial charge < -0.3 is 5.73 Å². The Labute approximate surface area is 105 Å². The van der Waals surface area contributed by atoms with Crippen LogP contribution in [0, 0.1) is 0 Å². The van der Waals surface area contributed by atoms with Gasteiger partial charge in [-0.1, -0.05) is 42.5 Å². The second-order valence-corrected chi connectivity index (χ2v) is 3.88. The number of anilines is 1. The van der Waals surface area contributed by atoms with Crippen LogP contribution in [0.15, 0.2) is 53.3 Å². The molecule has 4 nitrogen and oxygen atoms in total. The predicted octanol–water partition coefficient (Wildman–Crippen LogP) is 2.07. The Morgan fingerprint density at radius 2 is 2.06 bits per heavy atom. The molecule has 2 N–H and O–H groups in total. The van der Waals surface area contributed by atoms with Gasteiger partial charge in [-0.3, -0.25) is 9.36 Å². The molecule has 18 heavy (non-hydrogen) atoms. The van der Waals surface area contributed by atoms with Crippen molar-refractivity contribution in [2.75, 3.05) is 5.73 Å². The molecular formula is C14H15N3O. The summed E-state index contributed by atoms with van der Waals surface area (Å²) in [5, 5.41) is 0. The Bertz CT molecular complexity index is 615. The van der Waals surface area contributed by atoms with Gasteiger partial charge in [0.1, 0.15) is 0 Å². The van der Waals surface area contributed by atoms with E-state index in [1.165, 1.54) is 10.6 Å². The molecule has 0 aliphatic carbocycles. The van der Waals surface area contributed by atoms with Crippen LogP contribution in [0.5, 0.6) is 0 Å². The summed E-state index contributed by atoms with van der Waals surface area (Å²) in [6.07, 6.45) is 3.73. The number of nitrogens with two attached hydrogens (primary N) is 1. The average Bonchev–Trinajstić information content (AvgIpc) is 2.39. The molecule has 2 aromatic rings. The van der Waals surface area contributed by atoms with Crippen LogP contribution in [0.25, 0.3) is 11.3 Å². The van der Waals surface area contributed by atoms with E-state index in [9.17, 15) is 4.79 Å². The number of benzene rings is 1. The zero-order valence-electron chi connectivity index (χ0n) is 10.2. The molecule has 1 heterocycles. The second-order valence-electron chi connectivity index (χ2n) is 3.88. The quantitative estimate of drug-likeness (QED) is 0.837. The van der Waals surface area contributed by atoms with Crippen LogP contribution in [0.2, 0.25) is 0 Å². The van der Waals surface area contributed by atoms with Gasteiger partial charge in [0.2, 0.25) is 5.95 Å². The number of rotatable bonds is 3. The van der Waals surface area contributed by atoms with Crippen LogP contribution in [0.4, 0.5) is 5.95 Å². The number of hydrogen-bond acceptors (Lipinski definition) is 3. The van der Waals surface area contributed by atoms with E-state index in [-0.39, 0.29) is 11.5 Å². The summed E-state index contributed by atoms with van der Waals surface area (Å²) in [5.74, 6) is 0.236. The molecule has 0 saturated heterocycles. The smallest absolute Gasteiger partial charge is 0.255 e. The van der Waals surface area contributed by atoms with Gasteiger partial charge in [-0.05, 0) is 6.92 Å². The van der Waals surface area contributed by atoms with Crippen molar-refractivity contribution in [3.8, 4) is 11.3 Å². The Morgan fingerprint density at radius 3 is 2.67 bits per heavy atom. The standard InChI is InChI=1S/C14H15N3O/c1-2-3-9-17-13(18)10-12(16-14(17)15)11-7-5-4-6-8-11/h2-8,10H,9H2,1H3,(H2,15,16)/b3-2+. The highest BCUT2D eigenvalue weighted by Crippen LogP contribution is 2.15. The highest BCUT2D eigenvalue weighted by atomic mass is 16.1. The highest BCUT2D eigenvalue weighted by Gasteiger charge is 2.06. The van der Waals surface area contributed by atoms with Gasteiger partial charge in [0.25, 0.3) is 5.56 Å². The van der Waals surface area contributed by atoms with Crippen LogP contribution in [0.3, 0.4) is 0 Å². The maximum absolute atomic E-state index is 11.9. The molecule has 0 aliphatic heterocycles. The van der Waals surface area contributed by atoms with E-state index >= 15 is 0 Å². The van der Waals surface area contributed by atoms with Crippen molar-refractivity contribution in [3.63, 3.8) is 0 Å². The maximum Gasteiger partial charge on any atom is 0.255 e. The number of nitrogens with zero attached hydrogens (tertiary/aromatic N) is 2. The molecule has 0 atom stereocenters. The van der Waals surface area contributed by atoms with E-state index in [0.717, 1.165) is 5.56 Å². The van der Waals surface area contributed by atoms with Crippen molar-refractivity contribution in [1.29, 1.82) is 0 Å². The Morgan fingerprint density at radius 1 is 1.33 bits per heavy atom. The number of hydrogen-bond donors (Lipinski definition) is 1. The minimum Gasteiger partial charge on any atom is -0.369 e. The van der Waals surface area contributed by atoms with Gasteiger partial charge >= 0.3 is 0 Å². The Balaban J connectivity index is 2.46. The lowest BCUT2D eigenvalue weighted by molar-refractivity contribution is 0.771. The van der Waals surface area contributed by atoms with Crippen LogP contribution < -0.4 is 11.3 Å². The van der Waals surface area contributed by atoms with Crippen molar-refractivity contribution >= 4 is 5.95 Å². The van der Waals surface area contributed by atoms with Crippen molar-refractivity contribution < 1.29 is 0 Å². The first-order valence-electron chi connectivity index (χ1n) is 5.76. The first-order valence-corrected chi connectivity index (χ1v) is 5.76. The molecular weight excluding hydrogens is 226 g/mol. The molecule has 0 amide bonds. The first-order chi connectivity index (χ1) is 8.72. The average molecular weight is 241 g/mol. The molecule has 0 spiro atoms. The van der Waals surface area contributed by atoms with Crippen LogP contribution in [-0.4, -0.2) is 9.55 Å². The third-order valence-corrected chi connectivity index (χ3v) is 2.63. The lowest BCUT2D eigenvalue weighted by Gasteiger charge is -2.08. The second kappa shape index (κ2) is 5.31. The predicted molar refractivity (Wildman–Crippen MR) is 73.2 cm³/mol. The highest BCUT2D eigenvalue weighted by molar-refractivity contribution is 5.59. The molecule has 0 aliphatic rings. The Hall–Kier alpha value is -2.36. The fraction of sp³-hybridized carbons (Fsp3) is 0.143. The molecule has 92 valence electrons. The van der Waals surface area contributed by atoms with Gasteiger partial charge in [-0.2, -0.15) is 0 Å². The molecule has 1 aromatic carbocycles. The summed E-state index contributed by atoms with van der Waals surface area (Å²) in [6.45, 7) is 2.34. The SMILES string of the molecule is C/C=C/Cn1c(N)nc(-c2ccccc2)cc1=O. The van der Waals surface area contributed by atoms with Gasteiger partial charge in [-0.15, -0.1) is 0 Å². The fourth-order valence-corrected chi connectivity index (χ4v) is 1.67. The Kier molecular flexibility index (Phi) is 3.57. The number of allylic oxidation sites excluding steroid dienone is 2. The summed E-state index contributed by atoms with van der Waals surface area (Å²) < 4.78 is 1.44. The third-order valence-electron chi connectivity index (χ3n) is 2.63. The van der Waals surface area contributed by atoms with E-state index < -0.39 is 0 Å². The molecule has 0 unspecified atom stereocenters.